The lowest BCUT2D eigenvalue weighted by atomic mass is 9.88. The molecule has 2 aliphatic rings. The molecule has 1 aromatic heterocycles. The highest BCUT2D eigenvalue weighted by Gasteiger charge is 2.55. The molecule has 0 spiro atoms. The lowest BCUT2D eigenvalue weighted by Crippen LogP contribution is -2.43. The van der Waals surface area contributed by atoms with Crippen molar-refractivity contribution in [3.8, 4) is 16.9 Å². The Bertz CT molecular complexity index is 984. The van der Waals surface area contributed by atoms with Crippen LogP contribution in [0.3, 0.4) is 0 Å². The number of esters is 1. The van der Waals surface area contributed by atoms with Crippen LogP contribution in [0.15, 0.2) is 41.2 Å². The Hall–Kier alpha value is -2.64. The Morgan fingerprint density at radius 2 is 1.90 bits per heavy atom. The Morgan fingerprint density at radius 1 is 1.17 bits per heavy atom. The molecule has 0 aliphatic carbocycles. The summed E-state index contributed by atoms with van der Waals surface area (Å²) in [5, 5.41) is 10.1. The quantitative estimate of drug-likeness (QED) is 0.732. The topological polar surface area (TPSA) is 81.0 Å². The molecular formula is C23H28N2O5. The van der Waals surface area contributed by atoms with E-state index in [0.717, 1.165) is 23.4 Å². The van der Waals surface area contributed by atoms with Crippen molar-refractivity contribution in [2.75, 3.05) is 27.4 Å². The van der Waals surface area contributed by atoms with Crippen molar-refractivity contribution >= 4 is 5.97 Å². The first kappa shape index (κ1) is 20.6. The Kier molecular flexibility index (Phi) is 5.66. The molecule has 2 aliphatic heterocycles. The van der Waals surface area contributed by atoms with Crippen LogP contribution in [0.2, 0.25) is 0 Å². The number of methoxy groups -OCH3 is 2. The minimum absolute atomic E-state index is 0.00975. The monoisotopic (exact) mass is 412 g/mol. The second-order valence-corrected chi connectivity index (χ2v) is 7.98. The second kappa shape index (κ2) is 8.24. The molecule has 3 heterocycles. The molecule has 0 amide bonds. The lowest BCUT2D eigenvalue weighted by Gasteiger charge is -2.29. The van der Waals surface area contributed by atoms with E-state index in [1.54, 1.807) is 7.11 Å². The number of carbonyl (C=O) groups excluding carboxylic acids is 1. The number of hydrogen-bond acceptors (Lipinski definition) is 6. The van der Waals surface area contributed by atoms with Crippen molar-refractivity contribution < 1.29 is 19.4 Å². The SMILES string of the molecule is CCCN1[C@@H]2c3ccc(-c4ccc(OC)cc4)c(=O)n3C[C@@H]2[C@@H](CO)[C@@H]1C(=O)OC. The summed E-state index contributed by atoms with van der Waals surface area (Å²) in [6, 6.07) is 10.7. The molecule has 1 N–H and O–H groups in total. The van der Waals surface area contributed by atoms with E-state index in [-0.39, 0.29) is 36.0 Å². The van der Waals surface area contributed by atoms with Crippen LogP contribution in [0.5, 0.6) is 5.75 Å². The van der Waals surface area contributed by atoms with Gasteiger partial charge in [0.05, 0.1) is 20.3 Å². The number of nitrogens with zero attached hydrogens (tertiary/aromatic N) is 2. The summed E-state index contributed by atoms with van der Waals surface area (Å²) in [4.78, 5) is 28.0. The number of rotatable bonds is 6. The first-order chi connectivity index (χ1) is 14.5. The van der Waals surface area contributed by atoms with Gasteiger partial charge in [0, 0.05) is 36.2 Å². The van der Waals surface area contributed by atoms with Crippen molar-refractivity contribution in [1.82, 2.24) is 9.47 Å². The Balaban J connectivity index is 1.76. The third kappa shape index (κ3) is 3.13. The maximum atomic E-state index is 13.3. The van der Waals surface area contributed by atoms with Gasteiger partial charge < -0.3 is 19.1 Å². The third-order valence-electron chi connectivity index (χ3n) is 6.52. The van der Waals surface area contributed by atoms with Gasteiger partial charge in [-0.1, -0.05) is 19.1 Å². The molecule has 4 atom stereocenters. The number of aliphatic hydroxyl groups excluding tert-OH is 1. The number of aromatic nitrogens is 1. The van der Waals surface area contributed by atoms with Crippen LogP contribution < -0.4 is 10.3 Å². The van der Waals surface area contributed by atoms with Gasteiger partial charge in [-0.3, -0.25) is 14.5 Å². The zero-order valence-electron chi connectivity index (χ0n) is 17.6. The van der Waals surface area contributed by atoms with E-state index in [2.05, 4.69) is 11.8 Å². The van der Waals surface area contributed by atoms with Gasteiger partial charge >= 0.3 is 5.97 Å². The predicted octanol–water partition coefficient (Wildman–Crippen LogP) is 2.07. The summed E-state index contributed by atoms with van der Waals surface area (Å²) in [6.45, 7) is 3.13. The van der Waals surface area contributed by atoms with Gasteiger partial charge in [-0.2, -0.15) is 0 Å². The first-order valence-corrected chi connectivity index (χ1v) is 10.4. The number of benzene rings is 1. The minimum atomic E-state index is -0.486. The predicted molar refractivity (Wildman–Crippen MR) is 112 cm³/mol. The number of carbonyl (C=O) groups is 1. The van der Waals surface area contributed by atoms with Crippen LogP contribution in [-0.2, 0) is 16.1 Å². The molecule has 0 radical (unpaired) electrons. The molecule has 7 heteroatoms. The Morgan fingerprint density at radius 3 is 2.50 bits per heavy atom. The first-order valence-electron chi connectivity index (χ1n) is 10.4. The van der Waals surface area contributed by atoms with Crippen LogP contribution in [0.4, 0.5) is 0 Å². The zero-order valence-corrected chi connectivity index (χ0v) is 17.6. The van der Waals surface area contributed by atoms with Crippen molar-refractivity contribution in [3.63, 3.8) is 0 Å². The molecule has 30 heavy (non-hydrogen) atoms. The summed E-state index contributed by atoms with van der Waals surface area (Å²) in [6.07, 6.45) is 0.864. The van der Waals surface area contributed by atoms with Crippen LogP contribution in [0.1, 0.15) is 25.1 Å². The molecule has 160 valence electrons. The molecule has 7 nitrogen and oxygen atoms in total. The van der Waals surface area contributed by atoms with Crippen molar-refractivity contribution in [2.24, 2.45) is 11.8 Å². The second-order valence-electron chi connectivity index (χ2n) is 7.98. The summed E-state index contributed by atoms with van der Waals surface area (Å²) < 4.78 is 12.1. The molecule has 1 fully saturated rings. The van der Waals surface area contributed by atoms with E-state index in [9.17, 15) is 14.7 Å². The number of pyridine rings is 1. The van der Waals surface area contributed by atoms with Crippen molar-refractivity contribution in [2.45, 2.75) is 32.0 Å². The van der Waals surface area contributed by atoms with Gasteiger partial charge in [0.2, 0.25) is 0 Å². The Labute approximate surface area is 175 Å². The lowest BCUT2D eigenvalue weighted by molar-refractivity contribution is -0.148. The maximum Gasteiger partial charge on any atom is 0.323 e. The highest BCUT2D eigenvalue weighted by atomic mass is 16.5. The molecule has 2 aromatic rings. The molecule has 1 saturated heterocycles. The number of likely N-dealkylation sites (tertiary alicyclic amines) is 1. The van der Waals surface area contributed by atoms with Crippen molar-refractivity contribution in [3.05, 3.63) is 52.4 Å². The molecule has 0 bridgehead atoms. The largest absolute Gasteiger partial charge is 0.497 e. The molecule has 4 rings (SSSR count). The summed E-state index contributed by atoms with van der Waals surface area (Å²) >= 11 is 0. The number of fused-ring (bicyclic) bond motifs is 3. The van der Waals surface area contributed by atoms with Crippen LogP contribution in [0.25, 0.3) is 11.1 Å². The van der Waals surface area contributed by atoms with Crippen LogP contribution >= 0.6 is 0 Å². The van der Waals surface area contributed by atoms with Crippen LogP contribution in [-0.4, -0.2) is 54.0 Å². The van der Waals surface area contributed by atoms with Gasteiger partial charge in [0.25, 0.3) is 5.56 Å². The summed E-state index contributed by atoms with van der Waals surface area (Å²) in [5.41, 5.74) is 2.33. The fourth-order valence-electron chi connectivity index (χ4n) is 5.20. The molecular weight excluding hydrogens is 384 g/mol. The molecule has 0 saturated carbocycles. The fourth-order valence-corrected chi connectivity index (χ4v) is 5.20. The summed E-state index contributed by atoms with van der Waals surface area (Å²) in [5.74, 6) is 0.146. The van der Waals surface area contributed by atoms with E-state index >= 15 is 0 Å². The number of ether oxygens (including phenoxy) is 2. The number of hydrogen-bond donors (Lipinski definition) is 1. The molecule has 0 unspecified atom stereocenters. The van der Waals surface area contributed by atoms with Gasteiger partial charge in [-0.25, -0.2) is 0 Å². The average molecular weight is 412 g/mol. The van der Waals surface area contributed by atoms with E-state index in [0.29, 0.717) is 18.7 Å². The standard InChI is InChI=1S/C23H28N2O5/c1-4-11-24-20-17(18(13-26)21(24)23(28)30-3)12-25-19(20)10-9-16(22(25)27)14-5-7-15(29-2)8-6-14/h5-10,17-18,20-21,26H,4,11-13H2,1-3H3/t17-,18-,20+,21-/m1/s1. The van der Waals surface area contributed by atoms with Gasteiger partial charge in [-0.15, -0.1) is 0 Å². The smallest absolute Gasteiger partial charge is 0.323 e. The molecule has 1 aromatic carbocycles. The summed E-state index contributed by atoms with van der Waals surface area (Å²) in [7, 11) is 2.99. The highest BCUT2D eigenvalue weighted by molar-refractivity contribution is 5.77. The van der Waals surface area contributed by atoms with Crippen molar-refractivity contribution in [1.29, 1.82) is 0 Å². The van der Waals surface area contributed by atoms with Gasteiger partial charge in [0.1, 0.15) is 11.8 Å². The van der Waals surface area contributed by atoms with Gasteiger partial charge in [-0.05, 0) is 42.8 Å². The van der Waals surface area contributed by atoms with Gasteiger partial charge in [0.15, 0.2) is 0 Å². The minimum Gasteiger partial charge on any atom is -0.497 e. The van der Waals surface area contributed by atoms with E-state index < -0.39 is 6.04 Å². The highest BCUT2D eigenvalue weighted by Crippen LogP contribution is 2.49. The average Bonchev–Trinajstić information content (AvgIpc) is 3.29. The fraction of sp³-hybridized carbons (Fsp3) is 0.478. The third-order valence-corrected chi connectivity index (χ3v) is 6.52. The van der Waals surface area contributed by atoms with E-state index in [1.807, 2.05) is 41.0 Å². The normalized spacial score (nSPS) is 25.1. The van der Waals surface area contributed by atoms with Crippen LogP contribution in [0, 0.1) is 11.8 Å². The van der Waals surface area contributed by atoms with E-state index in [1.165, 1.54) is 7.11 Å². The number of aliphatic hydroxyl groups is 1. The zero-order chi connectivity index (χ0) is 21.4. The maximum absolute atomic E-state index is 13.3. The van der Waals surface area contributed by atoms with E-state index in [4.69, 9.17) is 9.47 Å².